The van der Waals surface area contributed by atoms with Crippen LogP contribution < -0.4 is 0 Å². The Labute approximate surface area is 124 Å². The minimum atomic E-state index is -0.316. The third-order valence-corrected chi connectivity index (χ3v) is 3.73. The molecule has 0 bridgehead atoms. The van der Waals surface area contributed by atoms with Gasteiger partial charge < -0.3 is 4.57 Å². The van der Waals surface area contributed by atoms with Crippen LogP contribution in [-0.2, 0) is 12.4 Å². The van der Waals surface area contributed by atoms with E-state index in [1.54, 1.807) is 6.07 Å². The fourth-order valence-electron chi connectivity index (χ4n) is 1.87. The molecule has 0 aliphatic carbocycles. The average Bonchev–Trinajstić information content (AvgIpc) is 2.75. The highest BCUT2D eigenvalue weighted by Gasteiger charge is 2.17. The lowest BCUT2D eigenvalue weighted by Crippen LogP contribution is -2.09. The zero-order valence-corrected chi connectivity index (χ0v) is 13.0. The summed E-state index contributed by atoms with van der Waals surface area (Å²) in [5.74, 6) is 1.72. The van der Waals surface area contributed by atoms with Crippen LogP contribution in [0, 0.1) is 11.7 Å². The Bertz CT molecular complexity index is 583. The van der Waals surface area contributed by atoms with Gasteiger partial charge in [0.15, 0.2) is 5.82 Å². The normalized spacial score (nSPS) is 11.3. The molecular formula is C13H14BrClFN3. The smallest absolute Gasteiger partial charge is 0.165 e. The van der Waals surface area contributed by atoms with Gasteiger partial charge in [-0.3, -0.25) is 0 Å². The van der Waals surface area contributed by atoms with Gasteiger partial charge in [0.25, 0.3) is 0 Å². The van der Waals surface area contributed by atoms with Crippen molar-refractivity contribution in [3.05, 3.63) is 34.3 Å². The van der Waals surface area contributed by atoms with Crippen LogP contribution in [-0.4, -0.2) is 14.8 Å². The second-order valence-electron chi connectivity index (χ2n) is 4.68. The van der Waals surface area contributed by atoms with Gasteiger partial charge in [0, 0.05) is 12.1 Å². The van der Waals surface area contributed by atoms with Gasteiger partial charge in [-0.25, -0.2) is 4.39 Å². The van der Waals surface area contributed by atoms with Crippen LogP contribution in [0.15, 0.2) is 22.7 Å². The second kappa shape index (κ2) is 6.01. The Morgan fingerprint density at radius 1 is 1.37 bits per heavy atom. The molecule has 0 atom stereocenters. The molecule has 0 N–H and O–H groups in total. The number of rotatable bonds is 4. The number of aromatic nitrogens is 3. The Balaban J connectivity index is 2.55. The van der Waals surface area contributed by atoms with E-state index in [4.69, 9.17) is 11.6 Å². The zero-order chi connectivity index (χ0) is 14.0. The number of nitrogens with zero attached hydrogens (tertiary/aromatic N) is 3. The maximum atomic E-state index is 13.6. The molecule has 0 fully saturated rings. The van der Waals surface area contributed by atoms with Crippen molar-refractivity contribution in [1.29, 1.82) is 0 Å². The monoisotopic (exact) mass is 345 g/mol. The summed E-state index contributed by atoms with van der Waals surface area (Å²) < 4.78 is 16.0. The van der Waals surface area contributed by atoms with Crippen LogP contribution in [0.1, 0.15) is 19.7 Å². The molecule has 0 spiro atoms. The highest BCUT2D eigenvalue weighted by atomic mass is 79.9. The summed E-state index contributed by atoms with van der Waals surface area (Å²) in [6.45, 7) is 4.94. The minimum absolute atomic E-state index is 0.284. The molecule has 19 heavy (non-hydrogen) atoms. The third kappa shape index (κ3) is 2.98. The predicted octanol–water partition coefficient (Wildman–Crippen LogP) is 4.24. The standard InChI is InChI=1S/C13H14BrClFN3/c1-8(2)7-19-11(6-15)17-18-13(19)9-4-3-5-10(16)12(9)14/h3-5,8H,6-7H2,1-2H3. The quantitative estimate of drug-likeness (QED) is 0.775. The lowest BCUT2D eigenvalue weighted by atomic mass is 10.2. The lowest BCUT2D eigenvalue weighted by Gasteiger charge is -2.12. The molecule has 1 aromatic heterocycles. The van der Waals surface area contributed by atoms with E-state index in [1.165, 1.54) is 6.07 Å². The maximum Gasteiger partial charge on any atom is 0.165 e. The first-order valence-electron chi connectivity index (χ1n) is 5.97. The zero-order valence-electron chi connectivity index (χ0n) is 10.7. The molecule has 0 radical (unpaired) electrons. The number of hydrogen-bond acceptors (Lipinski definition) is 2. The largest absolute Gasteiger partial charge is 0.310 e. The van der Waals surface area contributed by atoms with Gasteiger partial charge in [0.05, 0.1) is 10.4 Å². The van der Waals surface area contributed by atoms with Crippen LogP contribution in [0.3, 0.4) is 0 Å². The van der Waals surface area contributed by atoms with Crippen molar-refractivity contribution in [2.24, 2.45) is 5.92 Å². The van der Waals surface area contributed by atoms with E-state index in [0.717, 1.165) is 6.54 Å². The Morgan fingerprint density at radius 3 is 2.74 bits per heavy atom. The SMILES string of the molecule is CC(C)Cn1c(CCl)nnc1-c1cccc(F)c1Br. The van der Waals surface area contributed by atoms with Crippen molar-refractivity contribution < 1.29 is 4.39 Å². The van der Waals surface area contributed by atoms with Crippen LogP contribution >= 0.6 is 27.5 Å². The summed E-state index contributed by atoms with van der Waals surface area (Å²) >= 11 is 9.14. The van der Waals surface area contributed by atoms with Gasteiger partial charge in [0.1, 0.15) is 11.6 Å². The van der Waals surface area contributed by atoms with Crippen LogP contribution in [0.25, 0.3) is 11.4 Å². The summed E-state index contributed by atoms with van der Waals surface area (Å²) in [6.07, 6.45) is 0. The summed E-state index contributed by atoms with van der Waals surface area (Å²) in [5.41, 5.74) is 0.685. The van der Waals surface area contributed by atoms with E-state index in [1.807, 2.05) is 10.6 Å². The third-order valence-electron chi connectivity index (χ3n) is 2.69. The Hall–Kier alpha value is -0.940. The topological polar surface area (TPSA) is 30.7 Å². The van der Waals surface area contributed by atoms with E-state index < -0.39 is 0 Å². The van der Waals surface area contributed by atoms with Gasteiger partial charge in [-0.05, 0) is 34.0 Å². The van der Waals surface area contributed by atoms with Crippen molar-refractivity contribution >= 4 is 27.5 Å². The van der Waals surface area contributed by atoms with Crippen molar-refractivity contribution in [2.75, 3.05) is 0 Å². The molecular weight excluding hydrogens is 333 g/mol. The summed E-state index contributed by atoms with van der Waals surface area (Å²) in [4.78, 5) is 0. The van der Waals surface area contributed by atoms with Crippen LogP contribution in [0.4, 0.5) is 4.39 Å². The highest BCUT2D eigenvalue weighted by molar-refractivity contribution is 9.10. The van der Waals surface area contributed by atoms with Crippen molar-refractivity contribution in [2.45, 2.75) is 26.3 Å². The highest BCUT2D eigenvalue weighted by Crippen LogP contribution is 2.30. The van der Waals surface area contributed by atoms with E-state index >= 15 is 0 Å². The molecule has 0 aliphatic rings. The van der Waals surface area contributed by atoms with E-state index in [9.17, 15) is 4.39 Å². The fourth-order valence-corrected chi connectivity index (χ4v) is 2.51. The van der Waals surface area contributed by atoms with Crippen molar-refractivity contribution in [3.63, 3.8) is 0 Å². The number of halogens is 3. The van der Waals surface area contributed by atoms with Crippen LogP contribution in [0.5, 0.6) is 0 Å². The molecule has 0 amide bonds. The minimum Gasteiger partial charge on any atom is -0.310 e. The van der Waals surface area contributed by atoms with Gasteiger partial charge in [-0.2, -0.15) is 0 Å². The van der Waals surface area contributed by atoms with Crippen molar-refractivity contribution in [3.8, 4) is 11.4 Å². The molecule has 2 aromatic rings. The molecule has 0 saturated heterocycles. The Morgan fingerprint density at radius 2 is 2.11 bits per heavy atom. The summed E-state index contributed by atoms with van der Waals surface area (Å²) in [5, 5.41) is 8.22. The summed E-state index contributed by atoms with van der Waals surface area (Å²) in [7, 11) is 0. The van der Waals surface area contributed by atoms with E-state index in [0.29, 0.717) is 27.6 Å². The van der Waals surface area contributed by atoms with Gasteiger partial charge in [0.2, 0.25) is 0 Å². The summed E-state index contributed by atoms with van der Waals surface area (Å²) in [6, 6.07) is 4.87. The van der Waals surface area contributed by atoms with Gasteiger partial charge in [-0.15, -0.1) is 21.8 Å². The fraction of sp³-hybridized carbons (Fsp3) is 0.385. The molecule has 0 aliphatic heterocycles. The van der Waals surface area contributed by atoms with Crippen molar-refractivity contribution in [1.82, 2.24) is 14.8 Å². The molecule has 1 heterocycles. The molecule has 1 aromatic carbocycles. The maximum absolute atomic E-state index is 13.6. The first kappa shape index (κ1) is 14.5. The molecule has 0 unspecified atom stereocenters. The lowest BCUT2D eigenvalue weighted by molar-refractivity contribution is 0.515. The van der Waals surface area contributed by atoms with Crippen LogP contribution in [0.2, 0.25) is 0 Å². The number of hydrogen-bond donors (Lipinski definition) is 0. The molecule has 2 rings (SSSR count). The van der Waals surface area contributed by atoms with Gasteiger partial charge >= 0.3 is 0 Å². The molecule has 0 saturated carbocycles. The average molecular weight is 347 g/mol. The number of alkyl halides is 1. The first-order chi connectivity index (χ1) is 9.04. The van der Waals surface area contributed by atoms with E-state index in [-0.39, 0.29) is 11.7 Å². The predicted molar refractivity (Wildman–Crippen MR) is 77.5 cm³/mol. The second-order valence-corrected chi connectivity index (χ2v) is 5.74. The number of benzene rings is 1. The van der Waals surface area contributed by atoms with Gasteiger partial charge in [-0.1, -0.05) is 19.9 Å². The first-order valence-corrected chi connectivity index (χ1v) is 7.29. The molecule has 3 nitrogen and oxygen atoms in total. The van der Waals surface area contributed by atoms with E-state index in [2.05, 4.69) is 40.0 Å². The Kier molecular flexibility index (Phi) is 4.58. The molecule has 102 valence electrons. The molecule has 6 heteroatoms.